The Balaban J connectivity index is 1.38. The van der Waals surface area contributed by atoms with Gasteiger partial charge in [-0.3, -0.25) is 9.59 Å². The number of nitrogens with two attached hydrogens (primary N) is 1. The molecule has 3 amide bonds. The van der Waals surface area contributed by atoms with Gasteiger partial charge in [0.1, 0.15) is 30.2 Å². The Morgan fingerprint density at radius 2 is 1.65 bits per heavy atom. The Labute approximate surface area is 285 Å². The van der Waals surface area contributed by atoms with Crippen LogP contribution in [0.2, 0.25) is 5.02 Å². The number of rotatable bonds is 11. The van der Waals surface area contributed by atoms with Crippen molar-refractivity contribution < 1.29 is 28.6 Å². The summed E-state index contributed by atoms with van der Waals surface area (Å²) in [5.74, 6) is -0.280. The van der Waals surface area contributed by atoms with Gasteiger partial charge in [-0.25, -0.2) is 4.79 Å². The minimum Gasteiger partial charge on any atom is -0.489 e. The second kappa shape index (κ2) is 15.4. The van der Waals surface area contributed by atoms with Crippen molar-refractivity contribution in [2.45, 2.75) is 64.6 Å². The fourth-order valence-electron chi connectivity index (χ4n) is 5.47. The average molecular weight is 670 g/mol. The molecule has 9 nitrogen and oxygen atoms in total. The Hall–Kier alpha value is -4.86. The molecule has 0 bridgehead atoms. The van der Waals surface area contributed by atoms with E-state index in [0.29, 0.717) is 35.8 Å². The molecule has 250 valence electrons. The van der Waals surface area contributed by atoms with Crippen LogP contribution in [0.1, 0.15) is 61.1 Å². The summed E-state index contributed by atoms with van der Waals surface area (Å²) in [6.07, 6.45) is -2.17. The number of anilines is 1. The first-order chi connectivity index (χ1) is 22.9. The molecule has 4 aromatic carbocycles. The molecule has 1 heterocycles. The van der Waals surface area contributed by atoms with Gasteiger partial charge in [-0.15, -0.1) is 0 Å². The number of nitrogens with one attached hydrogen (secondary N) is 1. The van der Waals surface area contributed by atoms with Gasteiger partial charge in [0.25, 0.3) is 5.91 Å². The SMILES string of the molecule is CC(C)(C)OC(=O)NCc1cccc(C2OC(CC(N)=O)C(=O)N(CCc3ccc(OCc4ccccc4)cc3)c3ccc(Cl)cc32)c1. The quantitative estimate of drug-likeness (QED) is 0.180. The molecule has 0 aromatic heterocycles. The van der Waals surface area contributed by atoms with Crippen LogP contribution in [0.15, 0.2) is 97.1 Å². The lowest BCUT2D eigenvalue weighted by Gasteiger charge is -2.25. The van der Waals surface area contributed by atoms with E-state index < -0.39 is 29.8 Å². The number of hydrogen-bond donors (Lipinski definition) is 2. The molecule has 3 N–H and O–H groups in total. The molecule has 48 heavy (non-hydrogen) atoms. The first-order valence-corrected chi connectivity index (χ1v) is 16.2. The van der Waals surface area contributed by atoms with Gasteiger partial charge < -0.3 is 30.2 Å². The summed E-state index contributed by atoms with van der Waals surface area (Å²) in [5.41, 5.74) is 9.86. The Kier molecular flexibility index (Phi) is 11.0. The third-order valence-corrected chi connectivity index (χ3v) is 7.91. The molecule has 0 fully saturated rings. The molecular formula is C38H40ClN3O6. The number of benzene rings is 4. The molecule has 0 spiro atoms. The maximum Gasteiger partial charge on any atom is 0.407 e. The molecule has 0 radical (unpaired) electrons. The fourth-order valence-corrected chi connectivity index (χ4v) is 5.65. The van der Waals surface area contributed by atoms with E-state index in [-0.39, 0.29) is 18.9 Å². The summed E-state index contributed by atoms with van der Waals surface area (Å²) >= 11 is 6.50. The van der Waals surface area contributed by atoms with Crippen LogP contribution in [0.5, 0.6) is 5.75 Å². The van der Waals surface area contributed by atoms with Gasteiger partial charge in [0.2, 0.25) is 5.91 Å². The summed E-state index contributed by atoms with van der Waals surface area (Å²) in [6, 6.07) is 30.5. The highest BCUT2D eigenvalue weighted by atomic mass is 35.5. The van der Waals surface area contributed by atoms with Crippen LogP contribution in [0.3, 0.4) is 0 Å². The number of fused-ring (bicyclic) bond motifs is 1. The fraction of sp³-hybridized carbons (Fsp3) is 0.289. The van der Waals surface area contributed by atoms with E-state index in [2.05, 4.69) is 5.32 Å². The van der Waals surface area contributed by atoms with Crippen LogP contribution in [0.25, 0.3) is 0 Å². The van der Waals surface area contributed by atoms with Gasteiger partial charge in [0, 0.05) is 29.4 Å². The molecule has 1 aliphatic rings. The van der Waals surface area contributed by atoms with Crippen LogP contribution in [-0.2, 0) is 38.6 Å². The van der Waals surface area contributed by atoms with Crippen molar-refractivity contribution in [2.24, 2.45) is 5.73 Å². The predicted octanol–water partition coefficient (Wildman–Crippen LogP) is 6.88. The van der Waals surface area contributed by atoms with Crippen molar-refractivity contribution in [1.29, 1.82) is 0 Å². The van der Waals surface area contributed by atoms with Crippen LogP contribution in [-0.4, -0.2) is 36.2 Å². The molecule has 0 aliphatic carbocycles. The summed E-state index contributed by atoms with van der Waals surface area (Å²) < 4.78 is 17.7. The zero-order valence-corrected chi connectivity index (χ0v) is 28.0. The van der Waals surface area contributed by atoms with E-state index in [1.807, 2.05) is 78.9 Å². The van der Waals surface area contributed by atoms with Gasteiger partial charge >= 0.3 is 6.09 Å². The Bertz CT molecular complexity index is 1740. The van der Waals surface area contributed by atoms with Crippen molar-refractivity contribution in [3.8, 4) is 5.75 Å². The lowest BCUT2D eigenvalue weighted by molar-refractivity contribution is -0.137. The van der Waals surface area contributed by atoms with Gasteiger partial charge in [0.05, 0.1) is 6.42 Å². The molecule has 5 rings (SSSR count). The monoisotopic (exact) mass is 669 g/mol. The normalized spacial score (nSPS) is 16.1. The van der Waals surface area contributed by atoms with E-state index in [0.717, 1.165) is 28.0 Å². The third-order valence-electron chi connectivity index (χ3n) is 7.68. The van der Waals surface area contributed by atoms with Crippen LogP contribution in [0, 0.1) is 0 Å². The number of ether oxygens (including phenoxy) is 3. The second-order valence-corrected chi connectivity index (χ2v) is 13.1. The van der Waals surface area contributed by atoms with E-state index >= 15 is 0 Å². The number of halogens is 1. The van der Waals surface area contributed by atoms with Crippen molar-refractivity contribution in [1.82, 2.24) is 5.32 Å². The summed E-state index contributed by atoms with van der Waals surface area (Å²) in [6.45, 7) is 6.39. The summed E-state index contributed by atoms with van der Waals surface area (Å²) in [5, 5.41) is 3.24. The second-order valence-electron chi connectivity index (χ2n) is 12.6. The van der Waals surface area contributed by atoms with Gasteiger partial charge in [-0.05, 0) is 79.8 Å². The van der Waals surface area contributed by atoms with Crippen LogP contribution >= 0.6 is 11.6 Å². The Morgan fingerprint density at radius 1 is 0.917 bits per heavy atom. The highest BCUT2D eigenvalue weighted by molar-refractivity contribution is 6.30. The lowest BCUT2D eigenvalue weighted by Crippen LogP contribution is -2.42. The molecule has 2 unspecified atom stereocenters. The zero-order valence-electron chi connectivity index (χ0n) is 27.3. The van der Waals surface area contributed by atoms with Gasteiger partial charge in [-0.2, -0.15) is 0 Å². The van der Waals surface area contributed by atoms with E-state index in [1.54, 1.807) is 43.9 Å². The third kappa shape index (κ3) is 9.36. The smallest absolute Gasteiger partial charge is 0.407 e. The van der Waals surface area contributed by atoms with E-state index in [4.69, 9.17) is 31.5 Å². The average Bonchev–Trinajstić information content (AvgIpc) is 3.15. The van der Waals surface area contributed by atoms with Crippen molar-refractivity contribution in [3.05, 3.63) is 130 Å². The van der Waals surface area contributed by atoms with Crippen molar-refractivity contribution in [2.75, 3.05) is 11.4 Å². The number of carbonyl (C=O) groups excluding carboxylic acids is 3. The van der Waals surface area contributed by atoms with Gasteiger partial charge in [0.15, 0.2) is 0 Å². The highest BCUT2D eigenvalue weighted by Crippen LogP contribution is 2.40. The van der Waals surface area contributed by atoms with Crippen LogP contribution < -0.4 is 20.7 Å². The number of nitrogens with zero attached hydrogens (tertiary/aromatic N) is 1. The Morgan fingerprint density at radius 3 is 2.35 bits per heavy atom. The summed E-state index contributed by atoms with van der Waals surface area (Å²) in [7, 11) is 0. The number of alkyl carbamates (subject to hydrolysis) is 1. The standard InChI is InChI=1S/C38H40ClN3O6/c1-38(2,3)48-37(45)41-23-27-10-7-11-28(20-27)35-31-21-29(39)14-17-32(31)42(36(44)33(47-35)22-34(40)43)19-18-25-12-15-30(16-13-25)46-24-26-8-5-4-6-9-26/h4-17,20-21,33,35H,18-19,22-24H2,1-3H3,(H2,40,43)(H,41,45). The first kappa shape index (κ1) is 34.5. The molecule has 0 saturated carbocycles. The number of amides is 3. The minimum atomic E-state index is -1.13. The lowest BCUT2D eigenvalue weighted by atomic mass is 9.97. The van der Waals surface area contributed by atoms with Crippen molar-refractivity contribution in [3.63, 3.8) is 0 Å². The molecule has 0 saturated heterocycles. The predicted molar refractivity (Wildman–Crippen MR) is 185 cm³/mol. The number of hydrogen-bond acceptors (Lipinski definition) is 6. The maximum atomic E-state index is 14.0. The van der Waals surface area contributed by atoms with Gasteiger partial charge in [-0.1, -0.05) is 78.3 Å². The summed E-state index contributed by atoms with van der Waals surface area (Å²) in [4.78, 5) is 40.1. The van der Waals surface area contributed by atoms with Crippen LogP contribution in [0.4, 0.5) is 10.5 Å². The largest absolute Gasteiger partial charge is 0.489 e. The zero-order chi connectivity index (χ0) is 34.3. The topological polar surface area (TPSA) is 120 Å². The molecule has 1 aliphatic heterocycles. The molecule has 4 aromatic rings. The number of carbonyl (C=O) groups is 3. The van der Waals surface area contributed by atoms with E-state index in [1.165, 1.54) is 0 Å². The first-order valence-electron chi connectivity index (χ1n) is 15.8. The minimum absolute atomic E-state index is 0.212. The maximum absolute atomic E-state index is 14.0. The van der Waals surface area contributed by atoms with E-state index in [9.17, 15) is 14.4 Å². The molecular weight excluding hydrogens is 630 g/mol. The molecule has 10 heteroatoms. The number of primary amides is 1. The van der Waals surface area contributed by atoms with Crippen molar-refractivity contribution >= 4 is 35.2 Å². The highest BCUT2D eigenvalue weighted by Gasteiger charge is 2.37. The molecule has 2 atom stereocenters.